The van der Waals surface area contributed by atoms with Gasteiger partial charge in [0.1, 0.15) is 5.58 Å². The van der Waals surface area contributed by atoms with Crippen LogP contribution in [0.3, 0.4) is 0 Å². The number of furan rings is 1. The van der Waals surface area contributed by atoms with E-state index in [4.69, 9.17) is 4.42 Å². The lowest BCUT2D eigenvalue weighted by atomic mass is 10.0. The van der Waals surface area contributed by atoms with E-state index in [-0.39, 0.29) is 18.1 Å². The molecule has 6 heteroatoms. The van der Waals surface area contributed by atoms with Crippen molar-refractivity contribution in [2.75, 3.05) is 5.32 Å². The number of hydrogen-bond acceptors (Lipinski definition) is 5. The van der Waals surface area contributed by atoms with Gasteiger partial charge in [-0.3, -0.25) is 9.59 Å². The zero-order chi connectivity index (χ0) is 17.6. The fraction of sp³-hybridized carbons (Fsp3) is 0.316. The molecule has 5 nitrogen and oxygen atoms in total. The molecule has 0 radical (unpaired) electrons. The molecular formula is C19H18N2O3S. The van der Waals surface area contributed by atoms with E-state index in [1.807, 2.05) is 26.0 Å². The molecule has 1 aromatic carbocycles. The number of Topliss-reactive ketones (excluding diaryl/α,β-unsaturated/α-hetero) is 1. The molecule has 1 aliphatic carbocycles. The molecule has 1 aliphatic rings. The van der Waals surface area contributed by atoms with Crippen molar-refractivity contribution < 1.29 is 14.0 Å². The maximum atomic E-state index is 12.4. The summed E-state index contributed by atoms with van der Waals surface area (Å²) >= 11 is 1.28. The Labute approximate surface area is 149 Å². The average Bonchev–Trinajstić information content (AvgIpc) is 3.16. The van der Waals surface area contributed by atoms with Crippen LogP contribution in [0.1, 0.15) is 44.9 Å². The van der Waals surface area contributed by atoms with Crippen LogP contribution in [0.15, 0.2) is 22.8 Å². The predicted octanol–water partition coefficient (Wildman–Crippen LogP) is 4.21. The molecule has 0 bridgehead atoms. The van der Waals surface area contributed by atoms with Gasteiger partial charge in [0, 0.05) is 17.4 Å². The second kappa shape index (κ2) is 6.11. The fourth-order valence-electron chi connectivity index (χ4n) is 3.18. The Morgan fingerprint density at radius 3 is 2.96 bits per heavy atom. The largest absolute Gasteiger partial charge is 0.464 e. The van der Waals surface area contributed by atoms with Gasteiger partial charge in [0.25, 0.3) is 0 Å². The van der Waals surface area contributed by atoms with Crippen molar-refractivity contribution in [1.82, 2.24) is 4.98 Å². The van der Waals surface area contributed by atoms with Crippen LogP contribution in [0.25, 0.3) is 11.0 Å². The zero-order valence-electron chi connectivity index (χ0n) is 14.1. The molecule has 0 saturated heterocycles. The van der Waals surface area contributed by atoms with Crippen molar-refractivity contribution in [1.29, 1.82) is 0 Å². The number of fused-ring (bicyclic) bond motifs is 2. The summed E-state index contributed by atoms with van der Waals surface area (Å²) in [6.45, 7) is 4.05. The minimum atomic E-state index is -0.153. The van der Waals surface area contributed by atoms with Gasteiger partial charge in [-0.15, -0.1) is 0 Å². The van der Waals surface area contributed by atoms with Crippen molar-refractivity contribution in [3.8, 4) is 0 Å². The van der Waals surface area contributed by atoms with E-state index in [1.54, 1.807) is 6.26 Å². The van der Waals surface area contributed by atoms with Crippen molar-refractivity contribution in [3.63, 3.8) is 0 Å². The van der Waals surface area contributed by atoms with E-state index in [0.29, 0.717) is 16.4 Å². The van der Waals surface area contributed by atoms with Crippen LogP contribution < -0.4 is 5.32 Å². The standard InChI is InChI=1S/C19H18N2O3S/c1-10-6-7-13-12(9-24-17(13)11(10)2)8-16(23)21-19-20-14-4-3-5-15(22)18(14)25-19/h6-7,9H,3-5,8H2,1-2H3,(H,20,21,23). The first kappa shape index (κ1) is 16.0. The molecule has 0 spiro atoms. The molecule has 0 unspecified atom stereocenters. The Bertz CT molecular complexity index is 1000. The van der Waals surface area contributed by atoms with Gasteiger partial charge in [-0.25, -0.2) is 4.98 Å². The summed E-state index contributed by atoms with van der Waals surface area (Å²) in [6.07, 6.45) is 4.07. The Hall–Kier alpha value is -2.47. The summed E-state index contributed by atoms with van der Waals surface area (Å²) in [5.74, 6) is -0.0228. The summed E-state index contributed by atoms with van der Waals surface area (Å²) in [6, 6.07) is 4.03. The maximum absolute atomic E-state index is 12.4. The second-order valence-corrected chi connectivity index (χ2v) is 7.44. The van der Waals surface area contributed by atoms with Crippen molar-refractivity contribution in [2.45, 2.75) is 39.5 Å². The Balaban J connectivity index is 1.53. The van der Waals surface area contributed by atoms with Crippen LogP contribution in [0.4, 0.5) is 5.13 Å². The highest BCUT2D eigenvalue weighted by atomic mass is 32.1. The molecule has 0 aliphatic heterocycles. The molecule has 0 saturated carbocycles. The molecule has 3 aromatic rings. The van der Waals surface area contributed by atoms with Gasteiger partial charge in [0.2, 0.25) is 5.91 Å². The lowest BCUT2D eigenvalue weighted by Gasteiger charge is -2.05. The first-order chi connectivity index (χ1) is 12.0. The number of amides is 1. The summed E-state index contributed by atoms with van der Waals surface area (Å²) in [7, 11) is 0. The summed E-state index contributed by atoms with van der Waals surface area (Å²) in [4.78, 5) is 29.4. The number of benzene rings is 1. The SMILES string of the molecule is Cc1ccc2c(CC(=O)Nc3nc4c(s3)C(=O)CCC4)coc2c1C. The van der Waals surface area contributed by atoms with Crippen LogP contribution in [-0.2, 0) is 17.6 Å². The van der Waals surface area contributed by atoms with Crippen molar-refractivity contribution in [3.05, 3.63) is 45.7 Å². The zero-order valence-corrected chi connectivity index (χ0v) is 15.0. The van der Waals surface area contributed by atoms with Crippen LogP contribution in [0.2, 0.25) is 0 Å². The fourth-order valence-corrected chi connectivity index (χ4v) is 4.18. The number of aromatic nitrogens is 1. The highest BCUT2D eigenvalue weighted by Crippen LogP contribution is 2.30. The lowest BCUT2D eigenvalue weighted by Crippen LogP contribution is -2.14. The number of rotatable bonds is 3. The molecule has 0 atom stereocenters. The van der Waals surface area contributed by atoms with Crippen LogP contribution in [0, 0.1) is 13.8 Å². The molecule has 2 heterocycles. The Morgan fingerprint density at radius 1 is 1.32 bits per heavy atom. The first-order valence-electron chi connectivity index (χ1n) is 8.32. The van der Waals surface area contributed by atoms with E-state index < -0.39 is 0 Å². The molecule has 128 valence electrons. The minimum absolute atomic E-state index is 0.130. The highest BCUT2D eigenvalue weighted by molar-refractivity contribution is 7.17. The number of carbonyl (C=O) groups is 2. The number of thiazole rings is 1. The number of nitrogens with one attached hydrogen (secondary N) is 1. The quantitative estimate of drug-likeness (QED) is 0.765. The van der Waals surface area contributed by atoms with Crippen LogP contribution in [-0.4, -0.2) is 16.7 Å². The molecule has 25 heavy (non-hydrogen) atoms. The lowest BCUT2D eigenvalue weighted by molar-refractivity contribution is -0.115. The Morgan fingerprint density at radius 2 is 2.16 bits per heavy atom. The first-order valence-corrected chi connectivity index (χ1v) is 9.13. The summed E-state index contributed by atoms with van der Waals surface area (Å²) < 4.78 is 5.65. The van der Waals surface area contributed by atoms with Crippen LogP contribution in [0.5, 0.6) is 0 Å². The van der Waals surface area contributed by atoms with Crippen molar-refractivity contribution >= 4 is 39.1 Å². The minimum Gasteiger partial charge on any atom is -0.464 e. The number of nitrogens with zero attached hydrogens (tertiary/aromatic N) is 1. The third kappa shape index (κ3) is 2.87. The summed E-state index contributed by atoms with van der Waals surface area (Å²) in [5, 5.41) is 4.29. The molecular weight excluding hydrogens is 336 g/mol. The van der Waals surface area contributed by atoms with Crippen molar-refractivity contribution in [2.24, 2.45) is 0 Å². The molecule has 1 N–H and O–H groups in total. The van der Waals surface area contributed by atoms with E-state index in [9.17, 15) is 9.59 Å². The van der Waals surface area contributed by atoms with E-state index in [1.165, 1.54) is 11.3 Å². The Kier molecular flexibility index (Phi) is 3.92. The number of ketones is 1. The maximum Gasteiger partial charge on any atom is 0.230 e. The van der Waals surface area contributed by atoms with Gasteiger partial charge in [0.15, 0.2) is 10.9 Å². The highest BCUT2D eigenvalue weighted by Gasteiger charge is 2.23. The van der Waals surface area contributed by atoms with Crippen LogP contribution >= 0.6 is 11.3 Å². The number of hydrogen-bond donors (Lipinski definition) is 1. The van der Waals surface area contributed by atoms with Gasteiger partial charge in [-0.1, -0.05) is 23.5 Å². The van der Waals surface area contributed by atoms with Gasteiger partial charge in [0.05, 0.1) is 23.3 Å². The van der Waals surface area contributed by atoms with Gasteiger partial charge < -0.3 is 9.73 Å². The monoisotopic (exact) mass is 354 g/mol. The predicted molar refractivity (Wildman–Crippen MR) is 97.4 cm³/mol. The number of carbonyl (C=O) groups excluding carboxylic acids is 2. The summed E-state index contributed by atoms with van der Waals surface area (Å²) in [5.41, 5.74) is 4.76. The van der Waals surface area contributed by atoms with Gasteiger partial charge >= 0.3 is 0 Å². The smallest absolute Gasteiger partial charge is 0.230 e. The third-order valence-electron chi connectivity index (χ3n) is 4.71. The second-order valence-electron chi connectivity index (χ2n) is 6.44. The van der Waals surface area contributed by atoms with E-state index >= 15 is 0 Å². The average molecular weight is 354 g/mol. The topological polar surface area (TPSA) is 72.2 Å². The molecule has 2 aromatic heterocycles. The van der Waals surface area contributed by atoms with Gasteiger partial charge in [-0.2, -0.15) is 0 Å². The number of anilines is 1. The molecule has 0 fully saturated rings. The molecule has 1 amide bonds. The van der Waals surface area contributed by atoms with Gasteiger partial charge in [-0.05, 0) is 37.8 Å². The van der Waals surface area contributed by atoms with E-state index in [2.05, 4.69) is 10.3 Å². The normalized spacial score (nSPS) is 13.9. The number of aryl methyl sites for hydroxylation is 3. The molecule has 4 rings (SSSR count). The third-order valence-corrected chi connectivity index (χ3v) is 5.76. The van der Waals surface area contributed by atoms with E-state index in [0.717, 1.165) is 46.2 Å².